The van der Waals surface area contributed by atoms with Gasteiger partial charge in [-0.05, 0) is 30.2 Å². The smallest absolute Gasteiger partial charge is 0.244 e. The molecule has 1 amide bonds. The van der Waals surface area contributed by atoms with Crippen LogP contribution in [-0.4, -0.2) is 26.2 Å². The molecule has 21 heavy (non-hydrogen) atoms. The average molecular weight is 289 g/mol. The van der Waals surface area contributed by atoms with Gasteiger partial charge in [-0.2, -0.15) is 5.10 Å². The molecule has 0 aliphatic heterocycles. The van der Waals surface area contributed by atoms with Gasteiger partial charge in [0.1, 0.15) is 5.76 Å². The van der Waals surface area contributed by atoms with Crippen LogP contribution >= 0.6 is 0 Å². The maximum absolute atomic E-state index is 12.2. The number of hydrazone groups is 1. The Hall–Kier alpha value is -1.78. The largest absolute Gasteiger partial charge is 0.440 e. The number of nitrogens with zero attached hydrogens (tertiary/aromatic N) is 2. The van der Waals surface area contributed by atoms with Gasteiger partial charge in [-0.25, -0.2) is 5.43 Å². The van der Waals surface area contributed by atoms with Gasteiger partial charge < -0.3 is 9.32 Å². The number of hydrogen-bond acceptors (Lipinski definition) is 4. The Bertz CT molecular complexity index is 564. The van der Waals surface area contributed by atoms with Crippen LogP contribution in [0.2, 0.25) is 0 Å². The molecule has 1 heterocycles. The Morgan fingerprint density at radius 1 is 1.48 bits per heavy atom. The standard InChI is InChI=1S/C16H23N3O2/c1-16-9-5-4-6-12(16)14(16)15(20)18-17-10-11-7-8-13(21-11)19(2)3/h7-8,10,12,14H,4-6,9H2,1-3H3,(H,18,20)/b17-10+. The molecular formula is C16H23N3O2. The van der Waals surface area contributed by atoms with E-state index in [0.29, 0.717) is 11.7 Å². The summed E-state index contributed by atoms with van der Waals surface area (Å²) in [6.45, 7) is 2.24. The van der Waals surface area contributed by atoms with Crippen molar-refractivity contribution in [1.29, 1.82) is 0 Å². The molecule has 0 radical (unpaired) electrons. The first-order valence-corrected chi connectivity index (χ1v) is 7.62. The highest BCUT2D eigenvalue weighted by Gasteiger charge is 2.64. The summed E-state index contributed by atoms with van der Waals surface area (Å²) >= 11 is 0. The van der Waals surface area contributed by atoms with Crippen molar-refractivity contribution in [3.8, 4) is 0 Å². The highest BCUT2D eigenvalue weighted by Crippen LogP contribution is 2.66. The Kier molecular flexibility index (Phi) is 3.51. The van der Waals surface area contributed by atoms with E-state index in [1.807, 2.05) is 31.1 Å². The summed E-state index contributed by atoms with van der Waals surface area (Å²) in [4.78, 5) is 14.1. The monoisotopic (exact) mass is 289 g/mol. The van der Waals surface area contributed by atoms with E-state index in [0.717, 1.165) is 5.88 Å². The molecule has 2 saturated carbocycles. The summed E-state index contributed by atoms with van der Waals surface area (Å²) in [7, 11) is 3.83. The van der Waals surface area contributed by atoms with Crippen molar-refractivity contribution in [2.75, 3.05) is 19.0 Å². The second-order valence-corrected chi connectivity index (χ2v) is 6.64. The van der Waals surface area contributed by atoms with Gasteiger partial charge in [0.2, 0.25) is 5.91 Å². The van der Waals surface area contributed by atoms with E-state index >= 15 is 0 Å². The van der Waals surface area contributed by atoms with Crippen molar-refractivity contribution in [3.05, 3.63) is 17.9 Å². The first-order chi connectivity index (χ1) is 10.0. The molecule has 2 fully saturated rings. The Labute approximate surface area is 125 Å². The van der Waals surface area contributed by atoms with Crippen molar-refractivity contribution in [3.63, 3.8) is 0 Å². The predicted octanol–water partition coefficient (Wildman–Crippen LogP) is 2.62. The second kappa shape index (κ2) is 5.20. The highest BCUT2D eigenvalue weighted by molar-refractivity contribution is 5.85. The molecule has 3 atom stereocenters. The highest BCUT2D eigenvalue weighted by atomic mass is 16.4. The number of fused-ring (bicyclic) bond motifs is 1. The molecule has 2 aliphatic carbocycles. The van der Waals surface area contributed by atoms with E-state index in [-0.39, 0.29) is 17.2 Å². The van der Waals surface area contributed by atoms with Gasteiger partial charge in [-0.1, -0.05) is 19.8 Å². The summed E-state index contributed by atoms with van der Waals surface area (Å²) in [5, 5.41) is 4.03. The molecular weight excluding hydrogens is 266 g/mol. The van der Waals surface area contributed by atoms with Gasteiger partial charge in [0.25, 0.3) is 0 Å². The molecule has 0 aromatic carbocycles. The zero-order valence-electron chi connectivity index (χ0n) is 12.9. The average Bonchev–Trinajstić information content (AvgIpc) is 2.80. The fourth-order valence-electron chi connectivity index (χ4n) is 3.73. The van der Waals surface area contributed by atoms with Gasteiger partial charge in [0, 0.05) is 26.1 Å². The third kappa shape index (κ3) is 2.57. The minimum Gasteiger partial charge on any atom is -0.440 e. The van der Waals surface area contributed by atoms with Gasteiger partial charge in [0.15, 0.2) is 5.88 Å². The number of carbonyl (C=O) groups excluding carboxylic acids is 1. The molecule has 3 rings (SSSR count). The number of rotatable bonds is 4. The summed E-state index contributed by atoms with van der Waals surface area (Å²) in [6, 6.07) is 3.71. The number of amides is 1. The van der Waals surface area contributed by atoms with Crippen molar-refractivity contribution in [2.45, 2.75) is 32.6 Å². The van der Waals surface area contributed by atoms with E-state index in [4.69, 9.17) is 4.42 Å². The summed E-state index contributed by atoms with van der Waals surface area (Å²) in [6.07, 6.45) is 6.42. The van der Waals surface area contributed by atoms with Crippen LogP contribution < -0.4 is 10.3 Å². The van der Waals surface area contributed by atoms with Crippen LogP contribution in [0, 0.1) is 17.3 Å². The van der Waals surface area contributed by atoms with E-state index in [2.05, 4.69) is 17.5 Å². The van der Waals surface area contributed by atoms with Crippen LogP contribution in [0.3, 0.4) is 0 Å². The lowest BCUT2D eigenvalue weighted by Crippen LogP contribution is -2.22. The van der Waals surface area contributed by atoms with Crippen LogP contribution in [0.5, 0.6) is 0 Å². The molecule has 3 unspecified atom stereocenters. The first kappa shape index (κ1) is 14.2. The first-order valence-electron chi connectivity index (χ1n) is 7.62. The molecule has 0 spiro atoms. The molecule has 1 aromatic heterocycles. The van der Waals surface area contributed by atoms with Gasteiger partial charge in [0.05, 0.1) is 6.21 Å². The zero-order valence-corrected chi connectivity index (χ0v) is 12.9. The maximum atomic E-state index is 12.2. The number of carbonyl (C=O) groups is 1. The number of anilines is 1. The van der Waals surface area contributed by atoms with E-state index in [1.54, 1.807) is 6.21 Å². The predicted molar refractivity (Wildman–Crippen MR) is 82.3 cm³/mol. The number of nitrogens with one attached hydrogen (secondary N) is 1. The molecule has 1 N–H and O–H groups in total. The lowest BCUT2D eigenvalue weighted by Gasteiger charge is -2.15. The summed E-state index contributed by atoms with van der Waals surface area (Å²) in [5.41, 5.74) is 2.89. The topological polar surface area (TPSA) is 57.8 Å². The summed E-state index contributed by atoms with van der Waals surface area (Å²) in [5.74, 6) is 2.17. The molecule has 5 nitrogen and oxygen atoms in total. The van der Waals surface area contributed by atoms with Crippen molar-refractivity contribution in [2.24, 2.45) is 22.4 Å². The number of hydrogen-bond donors (Lipinski definition) is 1. The molecule has 0 saturated heterocycles. The van der Waals surface area contributed by atoms with E-state index < -0.39 is 0 Å². The third-order valence-corrected chi connectivity index (χ3v) is 5.03. The Balaban J connectivity index is 1.55. The molecule has 1 aromatic rings. The SMILES string of the molecule is CN(C)c1ccc(/C=N/NC(=O)C2C3CCCCC32C)o1. The van der Waals surface area contributed by atoms with Crippen molar-refractivity contribution >= 4 is 18.0 Å². The molecule has 114 valence electrons. The summed E-state index contributed by atoms with van der Waals surface area (Å²) < 4.78 is 5.54. The minimum absolute atomic E-state index is 0.0556. The van der Waals surface area contributed by atoms with Crippen LogP contribution in [0.15, 0.2) is 21.7 Å². The lowest BCUT2D eigenvalue weighted by molar-refractivity contribution is -0.123. The van der Waals surface area contributed by atoms with E-state index in [9.17, 15) is 4.79 Å². The third-order valence-electron chi connectivity index (χ3n) is 5.03. The minimum atomic E-state index is 0.0556. The second-order valence-electron chi connectivity index (χ2n) is 6.64. The zero-order chi connectivity index (χ0) is 15.0. The number of furan rings is 1. The quantitative estimate of drug-likeness (QED) is 0.684. The van der Waals surface area contributed by atoms with Gasteiger partial charge in [-0.3, -0.25) is 4.79 Å². The van der Waals surface area contributed by atoms with Crippen LogP contribution in [-0.2, 0) is 4.79 Å². The van der Waals surface area contributed by atoms with Crippen LogP contribution in [0.1, 0.15) is 38.4 Å². The Morgan fingerprint density at radius 2 is 2.29 bits per heavy atom. The maximum Gasteiger partial charge on any atom is 0.244 e. The fraction of sp³-hybridized carbons (Fsp3) is 0.625. The lowest BCUT2D eigenvalue weighted by atomic mass is 9.90. The van der Waals surface area contributed by atoms with Crippen molar-refractivity contribution < 1.29 is 9.21 Å². The molecule has 5 heteroatoms. The van der Waals surface area contributed by atoms with Crippen LogP contribution in [0.4, 0.5) is 5.88 Å². The Morgan fingerprint density at radius 3 is 2.90 bits per heavy atom. The fourth-order valence-corrected chi connectivity index (χ4v) is 3.73. The molecule has 0 bridgehead atoms. The van der Waals surface area contributed by atoms with Crippen molar-refractivity contribution in [1.82, 2.24) is 5.43 Å². The van der Waals surface area contributed by atoms with Gasteiger partial charge >= 0.3 is 0 Å². The van der Waals surface area contributed by atoms with Gasteiger partial charge in [-0.15, -0.1) is 0 Å². The molecule has 2 aliphatic rings. The van der Waals surface area contributed by atoms with Crippen LogP contribution in [0.25, 0.3) is 0 Å². The normalized spacial score (nSPS) is 31.0. The van der Waals surface area contributed by atoms with E-state index in [1.165, 1.54) is 25.7 Å².